The molecule has 0 spiro atoms. The largest absolute Gasteiger partial charge is 0.340 e. The first kappa shape index (κ1) is 9.25. The molecule has 0 aliphatic carbocycles. The number of fused-ring (bicyclic) bond motifs is 3. The lowest BCUT2D eigenvalue weighted by molar-refractivity contribution is 0.553. The predicted octanol–water partition coefficient (Wildman–Crippen LogP) is 2.74. The Morgan fingerprint density at radius 2 is 2.27 bits per heavy atom. The molecule has 0 saturated heterocycles. The maximum atomic E-state index is 6.02. The molecule has 1 atom stereocenters. The van der Waals surface area contributed by atoms with Crippen molar-refractivity contribution in [1.82, 2.24) is 4.57 Å². The Balaban J connectivity index is 2.29. The van der Waals surface area contributed by atoms with E-state index in [-0.39, 0.29) is 0 Å². The second kappa shape index (κ2) is 3.26. The van der Waals surface area contributed by atoms with Gasteiger partial charge in [-0.2, -0.15) is 0 Å². The van der Waals surface area contributed by atoms with E-state index >= 15 is 0 Å². The van der Waals surface area contributed by atoms with Crippen LogP contribution in [0.1, 0.15) is 18.2 Å². The number of benzene rings is 1. The summed E-state index contributed by atoms with van der Waals surface area (Å²) < 4.78 is 2.35. The molecule has 2 aromatic rings. The number of nitrogens with two attached hydrogens (primary N) is 1. The molecule has 0 saturated carbocycles. The zero-order valence-corrected chi connectivity index (χ0v) is 9.17. The molecule has 0 bridgehead atoms. The van der Waals surface area contributed by atoms with Crippen LogP contribution in [0, 0.1) is 0 Å². The molecule has 15 heavy (non-hydrogen) atoms. The molecule has 0 radical (unpaired) electrons. The lowest BCUT2D eigenvalue weighted by atomic mass is 10.1. The van der Waals surface area contributed by atoms with Gasteiger partial charge in [0.2, 0.25) is 0 Å². The van der Waals surface area contributed by atoms with Crippen molar-refractivity contribution in [3.8, 4) is 0 Å². The minimum Gasteiger partial charge on any atom is -0.340 e. The molecule has 2 heterocycles. The van der Waals surface area contributed by atoms with Crippen molar-refractivity contribution >= 4 is 22.5 Å². The van der Waals surface area contributed by atoms with Crippen molar-refractivity contribution in [1.29, 1.82) is 0 Å². The van der Waals surface area contributed by atoms with Gasteiger partial charge in [-0.1, -0.05) is 17.7 Å². The number of aromatic nitrogens is 1. The molecule has 3 heteroatoms. The number of hydrogen-bond donors (Lipinski definition) is 1. The Hall–Kier alpha value is -0.990. The summed E-state index contributed by atoms with van der Waals surface area (Å²) in [5.41, 5.74) is 8.40. The van der Waals surface area contributed by atoms with Gasteiger partial charge in [0, 0.05) is 23.3 Å². The number of halogens is 1. The lowest BCUT2D eigenvalue weighted by Gasteiger charge is -2.12. The average molecular weight is 221 g/mol. The van der Waals surface area contributed by atoms with Crippen LogP contribution in [-0.2, 0) is 6.42 Å². The molecule has 2 N–H and O–H groups in total. The lowest BCUT2D eigenvalue weighted by Crippen LogP contribution is -2.15. The Morgan fingerprint density at radius 3 is 3.07 bits per heavy atom. The Labute approximate surface area is 93.6 Å². The molecule has 78 valence electrons. The highest BCUT2D eigenvalue weighted by molar-refractivity contribution is 6.31. The number of aryl methyl sites for hydroxylation is 1. The van der Waals surface area contributed by atoms with Crippen molar-refractivity contribution in [3.05, 3.63) is 35.0 Å². The van der Waals surface area contributed by atoms with E-state index in [1.807, 2.05) is 12.1 Å². The van der Waals surface area contributed by atoms with Gasteiger partial charge >= 0.3 is 0 Å². The van der Waals surface area contributed by atoms with Crippen LogP contribution < -0.4 is 5.73 Å². The van der Waals surface area contributed by atoms with Gasteiger partial charge in [-0.05, 0) is 36.4 Å². The van der Waals surface area contributed by atoms with Crippen LogP contribution in [0.4, 0.5) is 0 Å². The quantitative estimate of drug-likeness (QED) is 0.787. The minimum atomic E-state index is 0.455. The fourth-order valence-corrected chi connectivity index (χ4v) is 2.71. The summed E-state index contributed by atoms with van der Waals surface area (Å²) in [6.45, 7) is 0.712. The third-order valence-corrected chi connectivity index (χ3v) is 3.49. The molecule has 1 aliphatic rings. The van der Waals surface area contributed by atoms with Gasteiger partial charge in [0.15, 0.2) is 0 Å². The van der Waals surface area contributed by atoms with Crippen LogP contribution in [0.2, 0.25) is 5.02 Å². The first-order valence-electron chi connectivity index (χ1n) is 5.29. The van der Waals surface area contributed by atoms with Gasteiger partial charge in [0.05, 0.1) is 5.52 Å². The topological polar surface area (TPSA) is 30.9 Å². The van der Waals surface area contributed by atoms with Crippen LogP contribution >= 0.6 is 11.6 Å². The molecule has 0 amide bonds. The molecular formula is C12H13ClN2. The van der Waals surface area contributed by atoms with E-state index in [4.69, 9.17) is 17.3 Å². The minimum absolute atomic E-state index is 0.455. The third kappa shape index (κ3) is 1.29. The summed E-state index contributed by atoms with van der Waals surface area (Å²) in [6, 6.07) is 8.76. The molecule has 3 rings (SSSR count). The van der Waals surface area contributed by atoms with Gasteiger partial charge in [0.25, 0.3) is 0 Å². The summed E-state index contributed by atoms with van der Waals surface area (Å²) in [5, 5.41) is 2.07. The summed E-state index contributed by atoms with van der Waals surface area (Å²) in [4.78, 5) is 0. The van der Waals surface area contributed by atoms with Gasteiger partial charge in [-0.15, -0.1) is 0 Å². The Kier molecular flexibility index (Phi) is 2.01. The highest BCUT2D eigenvalue weighted by Gasteiger charge is 2.22. The fraction of sp³-hybridized carbons (Fsp3) is 0.333. The molecular weight excluding hydrogens is 208 g/mol. The van der Waals surface area contributed by atoms with E-state index in [9.17, 15) is 0 Å². The van der Waals surface area contributed by atoms with Crippen molar-refractivity contribution in [3.63, 3.8) is 0 Å². The van der Waals surface area contributed by atoms with Crippen molar-refractivity contribution in [2.45, 2.75) is 18.9 Å². The molecule has 1 unspecified atom stereocenters. The second-order valence-corrected chi connectivity index (χ2v) is 4.57. The second-order valence-electron chi connectivity index (χ2n) is 4.14. The third-order valence-electron chi connectivity index (χ3n) is 3.25. The highest BCUT2D eigenvalue weighted by atomic mass is 35.5. The summed E-state index contributed by atoms with van der Waals surface area (Å²) >= 11 is 6.02. The van der Waals surface area contributed by atoms with Crippen LogP contribution in [0.15, 0.2) is 24.3 Å². The van der Waals surface area contributed by atoms with E-state index < -0.39 is 0 Å². The van der Waals surface area contributed by atoms with Crippen molar-refractivity contribution < 1.29 is 0 Å². The first-order valence-corrected chi connectivity index (χ1v) is 5.67. The van der Waals surface area contributed by atoms with Gasteiger partial charge < -0.3 is 10.3 Å². The van der Waals surface area contributed by atoms with E-state index in [1.165, 1.54) is 16.6 Å². The highest BCUT2D eigenvalue weighted by Crippen LogP contribution is 2.33. The maximum Gasteiger partial charge on any atom is 0.0500 e. The summed E-state index contributed by atoms with van der Waals surface area (Å²) in [6.07, 6.45) is 2.29. The molecule has 0 fully saturated rings. The molecule has 1 aliphatic heterocycles. The van der Waals surface area contributed by atoms with Crippen LogP contribution in [0.25, 0.3) is 10.9 Å². The normalized spacial score (nSPS) is 19.7. The smallest absolute Gasteiger partial charge is 0.0500 e. The van der Waals surface area contributed by atoms with Crippen LogP contribution in [0.3, 0.4) is 0 Å². The Morgan fingerprint density at radius 1 is 1.40 bits per heavy atom. The van der Waals surface area contributed by atoms with E-state index in [0.29, 0.717) is 12.6 Å². The molecule has 1 aromatic carbocycles. The van der Waals surface area contributed by atoms with Gasteiger partial charge in [-0.25, -0.2) is 0 Å². The first-order chi connectivity index (χ1) is 7.29. The van der Waals surface area contributed by atoms with E-state index in [2.05, 4.69) is 16.7 Å². The number of hydrogen-bond acceptors (Lipinski definition) is 1. The zero-order valence-electron chi connectivity index (χ0n) is 8.41. The average Bonchev–Trinajstić information content (AvgIpc) is 2.76. The maximum absolute atomic E-state index is 6.02. The van der Waals surface area contributed by atoms with Crippen molar-refractivity contribution in [2.75, 3.05) is 6.54 Å². The SMILES string of the molecule is NCC1CCc2cc3ccc(Cl)cc3n21. The number of rotatable bonds is 1. The van der Waals surface area contributed by atoms with Gasteiger partial charge in [-0.3, -0.25) is 0 Å². The summed E-state index contributed by atoms with van der Waals surface area (Å²) in [5.74, 6) is 0. The zero-order chi connectivity index (χ0) is 10.4. The van der Waals surface area contributed by atoms with E-state index in [0.717, 1.165) is 17.9 Å². The standard InChI is InChI=1S/C12H13ClN2/c13-9-2-1-8-5-10-3-4-11(7-14)15(10)12(8)6-9/h1-2,5-6,11H,3-4,7,14H2. The summed E-state index contributed by atoms with van der Waals surface area (Å²) in [7, 11) is 0. The van der Waals surface area contributed by atoms with Crippen molar-refractivity contribution in [2.24, 2.45) is 5.73 Å². The fourth-order valence-electron chi connectivity index (χ4n) is 2.54. The van der Waals surface area contributed by atoms with Gasteiger partial charge in [0.1, 0.15) is 0 Å². The molecule has 2 nitrogen and oxygen atoms in total. The Bertz CT molecular complexity index is 516. The predicted molar refractivity (Wildman–Crippen MR) is 63.4 cm³/mol. The molecule has 1 aromatic heterocycles. The van der Waals surface area contributed by atoms with Crippen LogP contribution in [0.5, 0.6) is 0 Å². The monoisotopic (exact) mass is 220 g/mol. The van der Waals surface area contributed by atoms with Crippen LogP contribution in [-0.4, -0.2) is 11.1 Å². The number of nitrogens with zero attached hydrogens (tertiary/aromatic N) is 1. The van der Waals surface area contributed by atoms with E-state index in [1.54, 1.807) is 0 Å².